The molecule has 0 radical (unpaired) electrons. The normalized spacial score (nSPS) is 13.7. The average molecular weight is 360 g/mol. The van der Waals surface area contributed by atoms with Gasteiger partial charge in [0.25, 0.3) is 0 Å². The summed E-state index contributed by atoms with van der Waals surface area (Å²) in [5.74, 6) is 2.17. The molecular weight excluding hydrogens is 335 g/mol. The number of nitrogens with one attached hydrogen (secondary N) is 1. The second-order valence-corrected chi connectivity index (χ2v) is 6.50. The highest BCUT2D eigenvalue weighted by Crippen LogP contribution is 2.14. The first-order chi connectivity index (χ1) is 12.7. The van der Waals surface area contributed by atoms with Gasteiger partial charge < -0.3 is 14.6 Å². The van der Waals surface area contributed by atoms with Crippen molar-refractivity contribution in [2.45, 2.75) is 51.5 Å². The highest BCUT2D eigenvalue weighted by Gasteiger charge is 2.14. The van der Waals surface area contributed by atoms with Crippen molar-refractivity contribution in [1.82, 2.24) is 20.1 Å². The number of fused-ring (bicyclic) bond motifs is 1. The molecule has 1 N–H and O–H groups in total. The molecule has 0 bridgehead atoms. The van der Waals surface area contributed by atoms with Crippen molar-refractivity contribution >= 4 is 5.91 Å². The van der Waals surface area contributed by atoms with Crippen molar-refractivity contribution in [3.8, 4) is 5.75 Å². The highest BCUT2D eigenvalue weighted by atomic mass is 19.1. The van der Waals surface area contributed by atoms with Gasteiger partial charge in [0, 0.05) is 38.4 Å². The molecule has 0 saturated carbocycles. The molecule has 140 valence electrons. The van der Waals surface area contributed by atoms with Gasteiger partial charge in [0.15, 0.2) is 0 Å². The average Bonchev–Trinajstić information content (AvgIpc) is 2.86. The molecule has 1 aromatic heterocycles. The zero-order valence-corrected chi connectivity index (χ0v) is 14.9. The van der Waals surface area contributed by atoms with Gasteiger partial charge in [-0.15, -0.1) is 10.2 Å². The van der Waals surface area contributed by atoms with Crippen LogP contribution in [-0.2, 0) is 24.2 Å². The Morgan fingerprint density at radius 1 is 1.27 bits per heavy atom. The van der Waals surface area contributed by atoms with Crippen LogP contribution < -0.4 is 10.1 Å². The molecular formula is C19H25FN4O2. The van der Waals surface area contributed by atoms with Crippen LogP contribution in [0.5, 0.6) is 5.75 Å². The van der Waals surface area contributed by atoms with E-state index >= 15 is 0 Å². The Kier molecular flexibility index (Phi) is 6.57. The summed E-state index contributed by atoms with van der Waals surface area (Å²) >= 11 is 0. The van der Waals surface area contributed by atoms with Crippen LogP contribution in [0.4, 0.5) is 4.39 Å². The standard InChI is InChI=1S/C19H25FN4O2/c20-15-6-4-7-16(14-15)26-13-5-9-19(25)21-11-10-18-23-22-17-8-2-1-3-12-24(17)18/h4,6-7,14H,1-3,5,8-13H2,(H,21,25). The summed E-state index contributed by atoms with van der Waals surface area (Å²) in [6.07, 6.45) is 6.22. The lowest BCUT2D eigenvalue weighted by Gasteiger charge is -2.08. The fourth-order valence-electron chi connectivity index (χ4n) is 3.11. The quantitative estimate of drug-likeness (QED) is 0.735. The highest BCUT2D eigenvalue weighted by molar-refractivity contribution is 5.75. The molecule has 6 nitrogen and oxygen atoms in total. The third-order valence-electron chi connectivity index (χ3n) is 4.47. The summed E-state index contributed by atoms with van der Waals surface area (Å²) in [6, 6.07) is 6.00. The van der Waals surface area contributed by atoms with Crippen molar-refractivity contribution in [2.24, 2.45) is 0 Å². The van der Waals surface area contributed by atoms with Gasteiger partial charge in [0.05, 0.1) is 6.61 Å². The van der Waals surface area contributed by atoms with Gasteiger partial charge in [-0.2, -0.15) is 0 Å². The van der Waals surface area contributed by atoms with Gasteiger partial charge in [-0.1, -0.05) is 12.5 Å². The zero-order valence-electron chi connectivity index (χ0n) is 14.9. The summed E-state index contributed by atoms with van der Waals surface area (Å²) in [5.41, 5.74) is 0. The zero-order chi connectivity index (χ0) is 18.2. The topological polar surface area (TPSA) is 69.0 Å². The molecule has 1 aliphatic rings. The second kappa shape index (κ2) is 9.31. The third-order valence-corrected chi connectivity index (χ3v) is 4.47. The molecule has 0 spiro atoms. The van der Waals surface area contributed by atoms with E-state index in [1.165, 1.54) is 25.0 Å². The molecule has 0 atom stereocenters. The molecule has 7 heteroatoms. The van der Waals surface area contributed by atoms with Crippen molar-refractivity contribution < 1.29 is 13.9 Å². The molecule has 2 heterocycles. The number of halogens is 1. The van der Waals surface area contributed by atoms with E-state index in [1.54, 1.807) is 12.1 Å². The van der Waals surface area contributed by atoms with Gasteiger partial charge in [-0.25, -0.2) is 4.39 Å². The van der Waals surface area contributed by atoms with E-state index in [0.717, 1.165) is 31.0 Å². The fraction of sp³-hybridized carbons (Fsp3) is 0.526. The van der Waals surface area contributed by atoms with Gasteiger partial charge in [-0.05, 0) is 31.4 Å². The number of carbonyl (C=O) groups excluding carboxylic acids is 1. The molecule has 0 unspecified atom stereocenters. The third kappa shape index (κ3) is 5.28. The number of nitrogens with zero attached hydrogens (tertiary/aromatic N) is 3. The number of aromatic nitrogens is 3. The first-order valence-electron chi connectivity index (χ1n) is 9.28. The number of amides is 1. The Morgan fingerprint density at radius 2 is 2.19 bits per heavy atom. The lowest BCUT2D eigenvalue weighted by molar-refractivity contribution is -0.121. The molecule has 2 aromatic rings. The van der Waals surface area contributed by atoms with Crippen LogP contribution in [0.1, 0.15) is 43.8 Å². The first-order valence-corrected chi connectivity index (χ1v) is 9.28. The minimum atomic E-state index is -0.327. The van der Waals surface area contributed by atoms with E-state index in [1.807, 2.05) is 0 Å². The molecule has 1 aromatic carbocycles. The second-order valence-electron chi connectivity index (χ2n) is 6.50. The van der Waals surface area contributed by atoms with Crippen LogP contribution in [-0.4, -0.2) is 33.8 Å². The maximum atomic E-state index is 13.0. The van der Waals surface area contributed by atoms with Crippen LogP contribution >= 0.6 is 0 Å². The minimum absolute atomic E-state index is 0.0107. The largest absolute Gasteiger partial charge is 0.493 e. The van der Waals surface area contributed by atoms with E-state index in [9.17, 15) is 9.18 Å². The molecule has 3 rings (SSSR count). The number of rotatable bonds is 8. The SMILES string of the molecule is O=C(CCCOc1cccc(F)c1)NCCc1nnc2n1CCCCC2. The summed E-state index contributed by atoms with van der Waals surface area (Å²) < 4.78 is 20.7. The number of hydrogen-bond donors (Lipinski definition) is 1. The lowest BCUT2D eigenvalue weighted by Crippen LogP contribution is -2.26. The van der Waals surface area contributed by atoms with E-state index in [2.05, 4.69) is 20.1 Å². The molecule has 26 heavy (non-hydrogen) atoms. The fourth-order valence-corrected chi connectivity index (χ4v) is 3.11. The Labute approximate surface area is 152 Å². The molecule has 1 amide bonds. The number of hydrogen-bond acceptors (Lipinski definition) is 4. The summed E-state index contributed by atoms with van der Waals surface area (Å²) in [4.78, 5) is 11.9. The maximum absolute atomic E-state index is 13.0. The van der Waals surface area contributed by atoms with Gasteiger partial charge >= 0.3 is 0 Å². The molecule has 0 aliphatic carbocycles. The van der Waals surface area contributed by atoms with E-state index in [4.69, 9.17) is 4.74 Å². The molecule has 0 saturated heterocycles. The lowest BCUT2D eigenvalue weighted by atomic mass is 10.2. The van der Waals surface area contributed by atoms with Gasteiger partial charge in [0.1, 0.15) is 23.2 Å². The van der Waals surface area contributed by atoms with E-state index in [-0.39, 0.29) is 11.7 Å². The van der Waals surface area contributed by atoms with Crippen LogP contribution in [0.25, 0.3) is 0 Å². The van der Waals surface area contributed by atoms with Crippen LogP contribution in [0.3, 0.4) is 0 Å². The van der Waals surface area contributed by atoms with Gasteiger partial charge in [-0.3, -0.25) is 4.79 Å². The molecule has 0 fully saturated rings. The van der Waals surface area contributed by atoms with Crippen molar-refractivity contribution in [1.29, 1.82) is 0 Å². The van der Waals surface area contributed by atoms with Gasteiger partial charge in [0.2, 0.25) is 5.91 Å². The summed E-state index contributed by atoms with van der Waals surface area (Å²) in [5, 5.41) is 11.4. The van der Waals surface area contributed by atoms with E-state index in [0.29, 0.717) is 38.2 Å². The predicted molar refractivity (Wildman–Crippen MR) is 95.4 cm³/mol. The summed E-state index contributed by atoms with van der Waals surface area (Å²) in [7, 11) is 0. The molecule has 1 aliphatic heterocycles. The maximum Gasteiger partial charge on any atom is 0.220 e. The van der Waals surface area contributed by atoms with Crippen LogP contribution in [0.15, 0.2) is 24.3 Å². The minimum Gasteiger partial charge on any atom is -0.493 e. The van der Waals surface area contributed by atoms with E-state index < -0.39 is 0 Å². The van der Waals surface area contributed by atoms with Crippen LogP contribution in [0, 0.1) is 5.82 Å². The van der Waals surface area contributed by atoms with Crippen molar-refractivity contribution in [2.75, 3.05) is 13.2 Å². The Morgan fingerprint density at radius 3 is 3.08 bits per heavy atom. The monoisotopic (exact) mass is 360 g/mol. The van der Waals surface area contributed by atoms with Crippen molar-refractivity contribution in [3.63, 3.8) is 0 Å². The first kappa shape index (κ1) is 18.4. The van der Waals surface area contributed by atoms with Crippen molar-refractivity contribution in [3.05, 3.63) is 41.7 Å². The Hall–Kier alpha value is -2.44. The predicted octanol–water partition coefficient (Wildman–Crippen LogP) is 2.66. The number of carbonyl (C=O) groups is 1. The van der Waals surface area contributed by atoms with Crippen LogP contribution in [0.2, 0.25) is 0 Å². The number of benzene rings is 1. The smallest absolute Gasteiger partial charge is 0.220 e. The number of ether oxygens (including phenoxy) is 1. The Bertz CT molecular complexity index is 732. The number of aryl methyl sites for hydroxylation is 1. The summed E-state index contributed by atoms with van der Waals surface area (Å²) in [6.45, 7) is 1.92. The Balaban J connectivity index is 1.33.